The molecule has 1 amide bonds. The number of hydrogen-bond acceptors (Lipinski definition) is 4. The summed E-state index contributed by atoms with van der Waals surface area (Å²) < 4.78 is 5.89. The van der Waals surface area contributed by atoms with Crippen LogP contribution in [0.5, 0.6) is 5.88 Å². The Bertz CT molecular complexity index is 742. The molecule has 8 heteroatoms. The molecular formula is C19H24IN5O2. The van der Waals surface area contributed by atoms with E-state index in [-0.39, 0.29) is 42.5 Å². The van der Waals surface area contributed by atoms with Crippen LogP contribution in [0.2, 0.25) is 0 Å². The molecule has 1 fully saturated rings. The van der Waals surface area contributed by atoms with Crippen LogP contribution in [0, 0.1) is 0 Å². The van der Waals surface area contributed by atoms with Crippen LogP contribution in [0.1, 0.15) is 6.42 Å². The van der Waals surface area contributed by atoms with Gasteiger partial charge in [0.2, 0.25) is 11.8 Å². The highest BCUT2D eigenvalue weighted by molar-refractivity contribution is 14.0. The van der Waals surface area contributed by atoms with Crippen LogP contribution in [-0.2, 0) is 4.79 Å². The van der Waals surface area contributed by atoms with Crippen molar-refractivity contribution < 1.29 is 9.53 Å². The van der Waals surface area contributed by atoms with Crippen LogP contribution < -0.4 is 15.4 Å². The maximum absolute atomic E-state index is 12.1. The fourth-order valence-electron chi connectivity index (χ4n) is 2.82. The van der Waals surface area contributed by atoms with E-state index < -0.39 is 0 Å². The second-order valence-corrected chi connectivity index (χ2v) is 5.96. The number of hydrogen-bond donors (Lipinski definition) is 2. The summed E-state index contributed by atoms with van der Waals surface area (Å²) in [5, 5.41) is 5.95. The molecule has 0 radical (unpaired) electrons. The molecular weight excluding hydrogens is 457 g/mol. The highest BCUT2D eigenvalue weighted by Crippen LogP contribution is 2.16. The lowest BCUT2D eigenvalue weighted by Crippen LogP contribution is -2.43. The Labute approximate surface area is 176 Å². The number of carbonyl (C=O) groups is 1. The lowest BCUT2D eigenvalue weighted by molar-refractivity contribution is -0.115. The summed E-state index contributed by atoms with van der Waals surface area (Å²) in [4.78, 5) is 22.6. The Hall–Kier alpha value is -2.36. The molecule has 1 aromatic carbocycles. The molecule has 7 nitrogen and oxygen atoms in total. The average Bonchev–Trinajstić information content (AvgIpc) is 3.12. The molecule has 0 saturated carbocycles. The van der Waals surface area contributed by atoms with Crippen molar-refractivity contribution in [1.82, 2.24) is 15.2 Å². The highest BCUT2D eigenvalue weighted by atomic mass is 127. The van der Waals surface area contributed by atoms with E-state index in [2.05, 4.69) is 25.5 Å². The monoisotopic (exact) mass is 481 g/mol. The number of anilines is 1. The molecule has 1 atom stereocenters. The molecule has 1 aliphatic heterocycles. The van der Waals surface area contributed by atoms with Gasteiger partial charge in [0.25, 0.3) is 0 Å². The quantitative estimate of drug-likeness (QED) is 0.390. The second-order valence-electron chi connectivity index (χ2n) is 5.96. The third kappa shape index (κ3) is 6.38. The Kier molecular flexibility index (Phi) is 8.31. The number of nitrogens with zero attached hydrogens (tertiary/aromatic N) is 3. The number of likely N-dealkylation sites (tertiary alicyclic amines) is 1. The Morgan fingerprint density at radius 3 is 2.74 bits per heavy atom. The van der Waals surface area contributed by atoms with E-state index in [1.807, 2.05) is 48.5 Å². The van der Waals surface area contributed by atoms with Crippen LogP contribution >= 0.6 is 24.0 Å². The van der Waals surface area contributed by atoms with Crippen LogP contribution in [0.3, 0.4) is 0 Å². The number of para-hydroxylation sites is 1. The van der Waals surface area contributed by atoms with Crippen LogP contribution in [0.4, 0.5) is 5.69 Å². The predicted molar refractivity (Wildman–Crippen MR) is 117 cm³/mol. The third-order valence-electron chi connectivity index (χ3n) is 4.05. The zero-order valence-corrected chi connectivity index (χ0v) is 17.5. The summed E-state index contributed by atoms with van der Waals surface area (Å²) in [5.41, 5.74) is 0.777. The minimum absolute atomic E-state index is 0. The van der Waals surface area contributed by atoms with Gasteiger partial charge in [-0.05, 0) is 18.2 Å². The SMILES string of the molecule is CN=C(NCC(=O)Nc1ccccc1)N1CCC(Oc2ccccn2)C1.I. The molecule has 1 unspecified atom stereocenters. The summed E-state index contributed by atoms with van der Waals surface area (Å²) in [6.45, 7) is 1.68. The second kappa shape index (κ2) is 10.7. The van der Waals surface area contributed by atoms with Crippen molar-refractivity contribution >= 4 is 41.5 Å². The minimum atomic E-state index is -0.113. The molecule has 0 aliphatic carbocycles. The zero-order valence-electron chi connectivity index (χ0n) is 15.2. The summed E-state index contributed by atoms with van der Waals surface area (Å²) in [6, 6.07) is 15.0. The smallest absolute Gasteiger partial charge is 0.243 e. The number of aromatic nitrogens is 1. The molecule has 0 spiro atoms. The van der Waals surface area contributed by atoms with Crippen molar-refractivity contribution in [3.63, 3.8) is 0 Å². The van der Waals surface area contributed by atoms with Gasteiger partial charge in [0, 0.05) is 38.0 Å². The molecule has 0 bridgehead atoms. The van der Waals surface area contributed by atoms with E-state index in [0.29, 0.717) is 18.4 Å². The van der Waals surface area contributed by atoms with E-state index in [0.717, 1.165) is 18.7 Å². The summed E-state index contributed by atoms with van der Waals surface area (Å²) in [6.07, 6.45) is 2.66. The molecule has 144 valence electrons. The number of carbonyl (C=O) groups excluding carboxylic acids is 1. The van der Waals surface area contributed by atoms with Crippen LogP contribution in [0.15, 0.2) is 59.7 Å². The number of rotatable bonds is 5. The maximum atomic E-state index is 12.1. The van der Waals surface area contributed by atoms with Gasteiger partial charge in [-0.15, -0.1) is 24.0 Å². The average molecular weight is 481 g/mol. The lowest BCUT2D eigenvalue weighted by atomic mass is 10.3. The first kappa shape index (κ1) is 20.9. The largest absolute Gasteiger partial charge is 0.472 e. The Morgan fingerprint density at radius 2 is 2.04 bits per heavy atom. The fraction of sp³-hybridized carbons (Fsp3) is 0.316. The summed E-state index contributed by atoms with van der Waals surface area (Å²) in [5.74, 6) is 1.21. The van der Waals surface area contributed by atoms with Crippen molar-refractivity contribution in [2.45, 2.75) is 12.5 Å². The van der Waals surface area contributed by atoms with Crippen molar-refractivity contribution in [3.8, 4) is 5.88 Å². The standard InChI is InChI=1S/C19H23N5O2.HI/c1-20-19(22-13-17(25)23-15-7-3-2-4-8-15)24-12-10-16(14-24)26-18-9-5-6-11-21-18;/h2-9,11,16H,10,12-14H2,1H3,(H,20,22)(H,23,25);1H. The van der Waals surface area contributed by atoms with E-state index >= 15 is 0 Å². The number of benzene rings is 1. The van der Waals surface area contributed by atoms with E-state index in [1.54, 1.807) is 13.2 Å². The van der Waals surface area contributed by atoms with Gasteiger partial charge in [0.1, 0.15) is 6.10 Å². The predicted octanol–water partition coefficient (Wildman–Crippen LogP) is 2.37. The van der Waals surface area contributed by atoms with Crippen molar-refractivity contribution in [3.05, 3.63) is 54.7 Å². The lowest BCUT2D eigenvalue weighted by Gasteiger charge is -2.21. The fourth-order valence-corrected chi connectivity index (χ4v) is 2.82. The molecule has 3 rings (SSSR count). The Morgan fingerprint density at radius 1 is 1.26 bits per heavy atom. The van der Waals surface area contributed by atoms with Gasteiger partial charge in [0.05, 0.1) is 13.1 Å². The van der Waals surface area contributed by atoms with Gasteiger partial charge < -0.3 is 20.3 Å². The number of aliphatic imine (C=N–C) groups is 1. The molecule has 1 aliphatic rings. The first-order valence-corrected chi connectivity index (χ1v) is 8.63. The van der Waals surface area contributed by atoms with Gasteiger partial charge in [-0.3, -0.25) is 9.79 Å². The first-order valence-electron chi connectivity index (χ1n) is 8.63. The first-order chi connectivity index (χ1) is 12.7. The van der Waals surface area contributed by atoms with Crippen molar-refractivity contribution in [2.75, 3.05) is 32.0 Å². The molecule has 1 aromatic heterocycles. The Balaban J connectivity index is 0.00000261. The van der Waals surface area contributed by atoms with Gasteiger partial charge >= 0.3 is 0 Å². The highest BCUT2D eigenvalue weighted by Gasteiger charge is 2.26. The van der Waals surface area contributed by atoms with Gasteiger partial charge in [-0.1, -0.05) is 24.3 Å². The van der Waals surface area contributed by atoms with Gasteiger partial charge in [-0.25, -0.2) is 4.98 Å². The van der Waals surface area contributed by atoms with Crippen LogP contribution in [0.25, 0.3) is 0 Å². The number of nitrogens with one attached hydrogen (secondary N) is 2. The molecule has 27 heavy (non-hydrogen) atoms. The number of amides is 1. The van der Waals surface area contributed by atoms with E-state index in [9.17, 15) is 4.79 Å². The maximum Gasteiger partial charge on any atom is 0.243 e. The third-order valence-corrected chi connectivity index (χ3v) is 4.05. The number of ether oxygens (including phenoxy) is 1. The normalized spacial score (nSPS) is 16.4. The topological polar surface area (TPSA) is 78.9 Å². The van der Waals surface area contributed by atoms with Gasteiger partial charge in [0.15, 0.2) is 5.96 Å². The number of halogens is 1. The van der Waals surface area contributed by atoms with E-state index in [4.69, 9.17) is 4.74 Å². The number of pyridine rings is 1. The molecule has 2 N–H and O–H groups in total. The number of guanidine groups is 1. The van der Waals surface area contributed by atoms with Crippen molar-refractivity contribution in [2.24, 2.45) is 4.99 Å². The summed E-state index contributed by atoms with van der Waals surface area (Å²) >= 11 is 0. The van der Waals surface area contributed by atoms with Crippen LogP contribution in [-0.4, -0.2) is 54.5 Å². The van der Waals surface area contributed by atoms with Gasteiger partial charge in [-0.2, -0.15) is 0 Å². The molecule has 2 heterocycles. The summed E-state index contributed by atoms with van der Waals surface area (Å²) in [7, 11) is 1.71. The molecule has 1 saturated heterocycles. The van der Waals surface area contributed by atoms with E-state index in [1.165, 1.54) is 0 Å². The minimum Gasteiger partial charge on any atom is -0.472 e. The molecule has 2 aromatic rings. The zero-order chi connectivity index (χ0) is 18.2. The van der Waals surface area contributed by atoms with Crippen molar-refractivity contribution in [1.29, 1.82) is 0 Å².